The molecule has 3 heteroatoms. The Kier molecular flexibility index (Phi) is 4.03. The van der Waals surface area contributed by atoms with Crippen molar-refractivity contribution < 1.29 is 0 Å². The summed E-state index contributed by atoms with van der Waals surface area (Å²) in [7, 11) is 0. The van der Waals surface area contributed by atoms with Gasteiger partial charge in [0.05, 0.1) is 5.56 Å². The highest BCUT2D eigenvalue weighted by Crippen LogP contribution is 2.29. The fraction of sp³-hybridized carbons (Fsp3) is 0.294. The summed E-state index contributed by atoms with van der Waals surface area (Å²) in [5, 5.41) is 10.2. The van der Waals surface area contributed by atoms with Crippen molar-refractivity contribution in [2.45, 2.75) is 36.5 Å². The zero-order chi connectivity index (χ0) is 13.8. The monoisotopic (exact) mass is 280 g/mol. The molecule has 0 N–H and O–H groups in total. The van der Waals surface area contributed by atoms with Gasteiger partial charge >= 0.3 is 0 Å². The molecule has 1 aromatic heterocycles. The standard InChI is InChI=1S/C17H16N2S/c18-11-15-10-14-8-4-5-9-16(14)19-17(15)20-12-13-6-2-1-3-7-13/h1-3,6-7,10H,4-5,8-9,12H2. The highest BCUT2D eigenvalue weighted by atomic mass is 32.2. The molecule has 0 aliphatic heterocycles. The van der Waals surface area contributed by atoms with Crippen LogP contribution in [0.4, 0.5) is 0 Å². The fourth-order valence-corrected chi connectivity index (χ4v) is 3.46. The molecular formula is C17H16N2S. The van der Waals surface area contributed by atoms with E-state index in [0.717, 1.165) is 29.2 Å². The van der Waals surface area contributed by atoms with Gasteiger partial charge in [0, 0.05) is 11.4 Å². The van der Waals surface area contributed by atoms with Crippen LogP contribution in [0.1, 0.15) is 35.2 Å². The Morgan fingerprint density at radius 2 is 1.95 bits per heavy atom. The minimum absolute atomic E-state index is 0.728. The third-order valence-corrected chi connectivity index (χ3v) is 4.67. The van der Waals surface area contributed by atoms with E-state index in [9.17, 15) is 5.26 Å². The van der Waals surface area contributed by atoms with Crippen LogP contribution in [0.3, 0.4) is 0 Å². The normalized spacial score (nSPS) is 13.6. The van der Waals surface area contributed by atoms with Gasteiger partial charge in [0.2, 0.25) is 0 Å². The van der Waals surface area contributed by atoms with Gasteiger partial charge in [-0.15, -0.1) is 11.8 Å². The molecule has 0 saturated carbocycles. The Labute approximate surface area is 123 Å². The maximum Gasteiger partial charge on any atom is 0.114 e. The zero-order valence-corrected chi connectivity index (χ0v) is 12.1. The molecule has 2 aromatic rings. The van der Waals surface area contributed by atoms with Crippen LogP contribution in [0.15, 0.2) is 41.4 Å². The van der Waals surface area contributed by atoms with E-state index in [1.54, 1.807) is 11.8 Å². The maximum atomic E-state index is 9.31. The van der Waals surface area contributed by atoms with Crippen molar-refractivity contribution in [3.63, 3.8) is 0 Å². The molecule has 0 atom stereocenters. The largest absolute Gasteiger partial charge is 0.245 e. The third kappa shape index (κ3) is 2.86. The van der Waals surface area contributed by atoms with E-state index in [0.29, 0.717) is 0 Å². The lowest BCUT2D eigenvalue weighted by atomic mass is 9.95. The van der Waals surface area contributed by atoms with Crippen molar-refractivity contribution in [2.75, 3.05) is 0 Å². The first-order valence-corrected chi connectivity index (χ1v) is 7.95. The van der Waals surface area contributed by atoms with E-state index in [4.69, 9.17) is 4.98 Å². The minimum Gasteiger partial charge on any atom is -0.245 e. The Hall–Kier alpha value is -1.79. The number of benzene rings is 1. The molecule has 20 heavy (non-hydrogen) atoms. The number of rotatable bonds is 3. The molecule has 0 bridgehead atoms. The van der Waals surface area contributed by atoms with Gasteiger partial charge in [-0.25, -0.2) is 4.98 Å². The molecule has 0 unspecified atom stereocenters. The van der Waals surface area contributed by atoms with Crippen LogP contribution in [0.5, 0.6) is 0 Å². The average molecular weight is 280 g/mol. The number of nitrogens with zero attached hydrogens (tertiary/aromatic N) is 2. The van der Waals surface area contributed by atoms with Crippen LogP contribution in [-0.4, -0.2) is 4.98 Å². The molecule has 1 aliphatic carbocycles. The molecule has 100 valence electrons. The van der Waals surface area contributed by atoms with Crippen LogP contribution >= 0.6 is 11.8 Å². The van der Waals surface area contributed by atoms with E-state index in [1.165, 1.54) is 29.7 Å². The molecule has 0 amide bonds. The van der Waals surface area contributed by atoms with Crippen molar-refractivity contribution in [1.82, 2.24) is 4.98 Å². The van der Waals surface area contributed by atoms with Crippen molar-refractivity contribution in [1.29, 1.82) is 5.26 Å². The quantitative estimate of drug-likeness (QED) is 0.793. The summed E-state index contributed by atoms with van der Waals surface area (Å²) in [4.78, 5) is 4.74. The highest BCUT2D eigenvalue weighted by Gasteiger charge is 2.15. The van der Waals surface area contributed by atoms with Crippen molar-refractivity contribution >= 4 is 11.8 Å². The van der Waals surface area contributed by atoms with Crippen LogP contribution in [0.25, 0.3) is 0 Å². The minimum atomic E-state index is 0.728. The molecule has 3 rings (SSSR count). The van der Waals surface area contributed by atoms with Crippen molar-refractivity contribution in [2.24, 2.45) is 0 Å². The maximum absolute atomic E-state index is 9.31. The second-order valence-corrected chi connectivity index (χ2v) is 6.00. The summed E-state index contributed by atoms with van der Waals surface area (Å²) in [6, 6.07) is 14.7. The zero-order valence-electron chi connectivity index (χ0n) is 11.3. The van der Waals surface area contributed by atoms with Crippen molar-refractivity contribution in [3.8, 4) is 6.07 Å². The number of pyridine rings is 1. The summed E-state index contributed by atoms with van der Waals surface area (Å²) in [6.45, 7) is 0. The third-order valence-electron chi connectivity index (χ3n) is 3.60. The lowest BCUT2D eigenvalue weighted by Crippen LogP contribution is -2.07. The second kappa shape index (κ2) is 6.11. The van der Waals surface area contributed by atoms with Gasteiger partial charge in [0.1, 0.15) is 11.1 Å². The first kappa shape index (κ1) is 13.2. The van der Waals surface area contributed by atoms with Crippen LogP contribution in [0, 0.1) is 11.3 Å². The molecule has 2 nitrogen and oxygen atoms in total. The topological polar surface area (TPSA) is 36.7 Å². The van der Waals surface area contributed by atoms with Crippen LogP contribution in [0.2, 0.25) is 0 Å². The lowest BCUT2D eigenvalue weighted by molar-refractivity contribution is 0.660. The van der Waals surface area contributed by atoms with Gasteiger partial charge in [0.25, 0.3) is 0 Å². The number of thioether (sulfide) groups is 1. The molecule has 1 aromatic carbocycles. The Bertz CT molecular complexity index is 644. The van der Waals surface area contributed by atoms with E-state index in [1.807, 2.05) is 18.2 Å². The van der Waals surface area contributed by atoms with Crippen LogP contribution < -0.4 is 0 Å². The molecule has 0 fully saturated rings. The lowest BCUT2D eigenvalue weighted by Gasteiger charge is -2.16. The first-order chi connectivity index (χ1) is 9.86. The van der Waals surface area contributed by atoms with Crippen LogP contribution in [-0.2, 0) is 18.6 Å². The number of aryl methyl sites for hydroxylation is 2. The van der Waals surface area contributed by atoms with E-state index in [-0.39, 0.29) is 0 Å². The fourth-order valence-electron chi connectivity index (χ4n) is 2.53. The van der Waals surface area contributed by atoms with E-state index < -0.39 is 0 Å². The van der Waals surface area contributed by atoms with E-state index in [2.05, 4.69) is 24.3 Å². The highest BCUT2D eigenvalue weighted by molar-refractivity contribution is 7.98. The molecule has 1 aliphatic rings. The summed E-state index contributed by atoms with van der Waals surface area (Å²) in [5.41, 5.74) is 4.47. The number of hydrogen-bond donors (Lipinski definition) is 0. The first-order valence-electron chi connectivity index (χ1n) is 6.96. The summed E-state index contributed by atoms with van der Waals surface area (Å²) >= 11 is 1.66. The molecule has 0 spiro atoms. The average Bonchev–Trinajstić information content (AvgIpc) is 2.53. The summed E-state index contributed by atoms with van der Waals surface area (Å²) < 4.78 is 0. The van der Waals surface area contributed by atoms with E-state index >= 15 is 0 Å². The van der Waals surface area contributed by atoms with Crippen molar-refractivity contribution in [3.05, 3.63) is 58.8 Å². The van der Waals surface area contributed by atoms with Gasteiger partial charge in [0.15, 0.2) is 0 Å². The summed E-state index contributed by atoms with van der Waals surface area (Å²) in [6.07, 6.45) is 4.56. The second-order valence-electron chi connectivity index (χ2n) is 5.04. The van der Waals surface area contributed by atoms with Gasteiger partial charge < -0.3 is 0 Å². The molecular weight excluding hydrogens is 264 g/mol. The van der Waals surface area contributed by atoms with Gasteiger partial charge in [-0.1, -0.05) is 30.3 Å². The molecule has 1 heterocycles. The Morgan fingerprint density at radius 3 is 2.75 bits per heavy atom. The van der Waals surface area contributed by atoms with Gasteiger partial charge in [-0.3, -0.25) is 0 Å². The molecule has 0 saturated heterocycles. The number of fused-ring (bicyclic) bond motifs is 1. The summed E-state index contributed by atoms with van der Waals surface area (Å²) in [5.74, 6) is 0.862. The Balaban J connectivity index is 1.83. The Morgan fingerprint density at radius 1 is 1.15 bits per heavy atom. The van der Waals surface area contributed by atoms with Gasteiger partial charge in [-0.05, 0) is 42.9 Å². The number of hydrogen-bond acceptors (Lipinski definition) is 3. The number of aromatic nitrogens is 1. The SMILES string of the molecule is N#Cc1cc2c(nc1SCc1ccccc1)CCCC2. The van der Waals surface area contributed by atoms with Gasteiger partial charge in [-0.2, -0.15) is 5.26 Å². The number of nitriles is 1. The molecule has 0 radical (unpaired) electrons. The predicted molar refractivity (Wildman–Crippen MR) is 81.6 cm³/mol. The predicted octanol–water partition coefficient (Wildman–Crippen LogP) is 4.12. The smallest absolute Gasteiger partial charge is 0.114 e.